The zero-order valence-electron chi connectivity index (χ0n) is 46.6. The fourth-order valence-corrected chi connectivity index (χ4v) is 9.61. The number of anilines is 1. The predicted molar refractivity (Wildman–Crippen MR) is 299 cm³/mol. The number of amides is 4. The number of rotatable bonds is 27. The molecule has 12 N–H and O–H groups in total. The van der Waals surface area contributed by atoms with Gasteiger partial charge in [-0.25, -0.2) is 29.2 Å². The van der Waals surface area contributed by atoms with E-state index in [-0.39, 0.29) is 69.6 Å². The quantitative estimate of drug-likeness (QED) is 0.00771. The normalized spacial score (nSPS) is 18.7. The third-order valence-electron chi connectivity index (χ3n) is 13.0. The highest BCUT2D eigenvalue weighted by Crippen LogP contribution is 2.45. The Morgan fingerprint density at radius 2 is 1.44 bits per heavy atom. The van der Waals surface area contributed by atoms with Crippen molar-refractivity contribution in [3.63, 3.8) is 0 Å². The molecule has 1 fully saturated rings. The number of aliphatic hydroxyl groups excluding tert-OH is 2. The van der Waals surface area contributed by atoms with E-state index in [1.807, 2.05) is 99.0 Å². The van der Waals surface area contributed by atoms with Crippen LogP contribution in [0.2, 0.25) is 0 Å². The van der Waals surface area contributed by atoms with E-state index in [2.05, 4.69) is 31.2 Å². The number of hydrogen-bond acceptors (Lipinski definition) is 18. The van der Waals surface area contributed by atoms with Gasteiger partial charge in [-0.05, 0) is 106 Å². The Hall–Kier alpha value is -7.45. The third-order valence-corrected chi connectivity index (χ3v) is 13.8. The summed E-state index contributed by atoms with van der Waals surface area (Å²) in [6, 6.07) is 20.5. The lowest BCUT2D eigenvalue weighted by Gasteiger charge is -2.26. The Labute approximate surface area is 474 Å². The number of hydroxylamine groups is 1. The molecule has 27 heteroatoms. The number of aliphatic imine (C=N–C) groups is 1. The Balaban J connectivity index is 1.13. The Morgan fingerprint density at radius 1 is 0.817 bits per heavy atom. The topological polar surface area (TPSA) is 378 Å². The molecule has 3 aromatic carbocycles. The van der Waals surface area contributed by atoms with Gasteiger partial charge in [0.25, 0.3) is 0 Å². The van der Waals surface area contributed by atoms with Crippen molar-refractivity contribution in [1.29, 1.82) is 0 Å². The minimum Gasteiger partial charge on any atom is -0.459 e. The number of fused-ring (bicyclic) bond motifs is 3. The highest BCUT2D eigenvalue weighted by molar-refractivity contribution is 7.47. The summed E-state index contributed by atoms with van der Waals surface area (Å²) in [7, 11) is -5.02. The lowest BCUT2D eigenvalue weighted by Crippen LogP contribution is -2.56. The first-order valence-electron chi connectivity index (χ1n) is 26.9. The number of esters is 1. The number of aromatic nitrogens is 2. The summed E-state index contributed by atoms with van der Waals surface area (Å²) in [5.41, 5.74) is 17.6. The Kier molecular flexibility index (Phi) is 22.9. The van der Waals surface area contributed by atoms with E-state index in [0.717, 1.165) is 37.9 Å². The minimum absolute atomic E-state index is 0.0224. The number of nitrogen functional groups attached to an aromatic ring is 1. The summed E-state index contributed by atoms with van der Waals surface area (Å²) in [6.07, 6.45) is -5.76. The fraction of sp³-hybridized carbons (Fsp3) is 0.491. The minimum atomic E-state index is -5.02. The molecule has 2 aliphatic rings. The fourth-order valence-electron chi connectivity index (χ4n) is 9.01. The smallest absolute Gasteiger partial charge is 0.459 e. The van der Waals surface area contributed by atoms with Gasteiger partial charge in [0.15, 0.2) is 6.23 Å². The second kappa shape index (κ2) is 29.5. The standard InChI is InChI=1S/C55H75N10O16P/c1-32(2)28-42(50(70)76-29-34-22-20-33(3)21-23-34)61-47(68)40(19-13-26-58-51(57)64-81-82(74,75)78-31-43-45(66)46(67)49(79-43)65-27-24-44(56)63-52(65)71)60-48(69)41(18-11-12-25-59-53(72)80-55(4,5)6)62-54(73)77-30-39-37-16-9-7-14-35(37)36-15-8-10-17-38(36)39/h7-10,14-17,20-24,27,32,39-43,45-46,49,66-67H,11-13,18-19,25-26,28-31H2,1-6H3,(H,59,72)(H,60,69)(H,61,68)(H,62,73)(H,74,75)(H2,56,63,71)(H3,57,58,64)/t40?,41?,42?,43-,45-,46-,49-/m1/s1. The second-order valence-corrected chi connectivity index (χ2v) is 22.6. The lowest BCUT2D eigenvalue weighted by atomic mass is 9.98. The van der Waals surface area contributed by atoms with Crippen LogP contribution in [-0.4, -0.2) is 129 Å². The number of nitrogens with one attached hydrogen (secondary N) is 5. The largest absolute Gasteiger partial charge is 0.493 e. The molecule has 4 amide bonds. The molecule has 1 aliphatic heterocycles. The van der Waals surface area contributed by atoms with E-state index in [1.54, 1.807) is 20.8 Å². The number of benzene rings is 3. The van der Waals surface area contributed by atoms with Crippen LogP contribution in [0.5, 0.6) is 0 Å². The van der Waals surface area contributed by atoms with Crippen molar-refractivity contribution in [2.24, 2.45) is 16.6 Å². The van der Waals surface area contributed by atoms with Crippen LogP contribution in [0, 0.1) is 12.8 Å². The molecule has 0 saturated carbocycles. The highest BCUT2D eigenvalue weighted by Gasteiger charge is 2.45. The van der Waals surface area contributed by atoms with Crippen molar-refractivity contribution in [1.82, 2.24) is 36.3 Å². The van der Waals surface area contributed by atoms with Crippen LogP contribution >= 0.6 is 7.82 Å². The van der Waals surface area contributed by atoms with Gasteiger partial charge in [0.1, 0.15) is 61.1 Å². The summed E-state index contributed by atoms with van der Waals surface area (Å²) in [5.74, 6) is -3.25. The number of hydrogen-bond donors (Lipinski definition) is 10. The average molecular weight is 1160 g/mol. The zero-order valence-corrected chi connectivity index (χ0v) is 47.5. The monoisotopic (exact) mass is 1160 g/mol. The maximum absolute atomic E-state index is 14.5. The van der Waals surface area contributed by atoms with Crippen LogP contribution in [-0.2, 0) is 53.7 Å². The average Bonchev–Trinajstić information content (AvgIpc) is 4.15. The maximum atomic E-state index is 14.5. The molecule has 4 unspecified atom stereocenters. The molecule has 0 spiro atoms. The number of carbonyl (C=O) groups is 5. The number of alkyl carbamates (subject to hydrolysis) is 2. The van der Waals surface area contributed by atoms with Crippen molar-refractivity contribution in [2.75, 3.05) is 32.0 Å². The first kappa shape index (κ1) is 63.7. The van der Waals surface area contributed by atoms with E-state index in [4.69, 9.17) is 39.6 Å². The molecule has 1 aliphatic carbocycles. The van der Waals surface area contributed by atoms with E-state index in [9.17, 15) is 48.4 Å². The summed E-state index contributed by atoms with van der Waals surface area (Å²) in [6.45, 7) is 9.92. The number of carbonyl (C=O) groups excluding carboxylic acids is 5. The molecule has 1 saturated heterocycles. The van der Waals surface area contributed by atoms with Crippen molar-refractivity contribution in [2.45, 2.75) is 141 Å². The molecule has 26 nitrogen and oxygen atoms in total. The van der Waals surface area contributed by atoms with Crippen molar-refractivity contribution in [3.8, 4) is 11.1 Å². The molecule has 6 rings (SSSR count). The number of aliphatic hydroxyl groups is 2. The predicted octanol–water partition coefficient (Wildman–Crippen LogP) is 3.85. The van der Waals surface area contributed by atoms with Crippen LogP contribution in [0.15, 0.2) is 94.8 Å². The van der Waals surface area contributed by atoms with Gasteiger partial charge < -0.3 is 66.8 Å². The second-order valence-electron chi connectivity index (χ2n) is 21.2. The van der Waals surface area contributed by atoms with Gasteiger partial charge in [-0.15, -0.1) is 0 Å². The summed E-state index contributed by atoms with van der Waals surface area (Å²) in [5, 5.41) is 31.9. The number of unbranched alkanes of at least 4 members (excludes halogenated alkanes) is 1. The number of phosphoric acid groups is 1. The molecular weight excluding hydrogens is 1090 g/mol. The SMILES string of the molecule is Cc1ccc(COC(=O)C(CC(C)C)NC(=O)C(CCCN=C(N)NOP(=O)(O)OC[C@H]2O[C@@H](n3ccc(N)nc3=O)[C@H](O)[C@@H]2O)NC(=O)C(CCCCNC(=O)OC(C)(C)C)NC(=O)OCC2c3ccccc3-c3ccccc32)cc1. The molecule has 0 bridgehead atoms. The maximum Gasteiger partial charge on any atom is 0.493 e. The van der Waals surface area contributed by atoms with Crippen LogP contribution in [0.4, 0.5) is 15.4 Å². The van der Waals surface area contributed by atoms with Gasteiger partial charge in [-0.2, -0.15) is 9.61 Å². The first-order chi connectivity index (χ1) is 38.9. The lowest BCUT2D eigenvalue weighted by molar-refractivity contribution is -0.150. The number of nitrogens with zero attached hydrogens (tertiary/aromatic N) is 3. The van der Waals surface area contributed by atoms with Gasteiger partial charge in [0.2, 0.25) is 17.8 Å². The molecule has 2 heterocycles. The first-order valence-corrected chi connectivity index (χ1v) is 28.4. The molecule has 0 radical (unpaired) electrons. The van der Waals surface area contributed by atoms with E-state index in [1.165, 1.54) is 12.3 Å². The Bertz CT molecular complexity index is 2930. The van der Waals surface area contributed by atoms with E-state index in [0.29, 0.717) is 12.8 Å². The number of ether oxygens (including phenoxy) is 4. The zero-order chi connectivity index (χ0) is 59.7. The van der Waals surface area contributed by atoms with Crippen LogP contribution in [0.1, 0.15) is 108 Å². The highest BCUT2D eigenvalue weighted by atomic mass is 31.2. The van der Waals surface area contributed by atoms with Crippen LogP contribution in [0.3, 0.4) is 0 Å². The van der Waals surface area contributed by atoms with Crippen LogP contribution < -0.4 is 43.9 Å². The Morgan fingerprint density at radius 3 is 2.07 bits per heavy atom. The molecular formula is C55H75N10O16P. The number of nitrogens with two attached hydrogens (primary N) is 2. The number of guanidine groups is 1. The van der Waals surface area contributed by atoms with Crippen molar-refractivity contribution < 1.29 is 71.7 Å². The van der Waals surface area contributed by atoms with Crippen molar-refractivity contribution in [3.05, 3.63) is 118 Å². The summed E-state index contributed by atoms with van der Waals surface area (Å²) < 4.78 is 45.7. The van der Waals surface area contributed by atoms with Gasteiger partial charge in [-0.1, -0.05) is 92.2 Å². The molecule has 446 valence electrons. The number of aryl methyl sites for hydroxylation is 1. The van der Waals surface area contributed by atoms with Gasteiger partial charge in [0, 0.05) is 25.2 Å². The molecule has 8 atom stereocenters. The molecule has 82 heavy (non-hydrogen) atoms. The van der Waals surface area contributed by atoms with Gasteiger partial charge in [-0.3, -0.25) is 23.7 Å². The van der Waals surface area contributed by atoms with Gasteiger partial charge >= 0.3 is 31.7 Å². The third kappa shape index (κ3) is 19.1. The van der Waals surface area contributed by atoms with E-state index >= 15 is 0 Å². The van der Waals surface area contributed by atoms with E-state index < -0.39 is 104 Å². The van der Waals surface area contributed by atoms with Crippen molar-refractivity contribution >= 4 is 49.6 Å². The van der Waals surface area contributed by atoms with Gasteiger partial charge in [0.05, 0.1) is 6.61 Å². The summed E-state index contributed by atoms with van der Waals surface area (Å²) in [4.78, 5) is 98.9. The summed E-state index contributed by atoms with van der Waals surface area (Å²) >= 11 is 0. The molecule has 1 aromatic heterocycles. The van der Waals surface area contributed by atoms with Crippen LogP contribution in [0.25, 0.3) is 11.1 Å². The molecule has 4 aromatic rings. The number of phosphoric ester groups is 1.